The molecule has 0 aliphatic carbocycles. The second-order valence-electron chi connectivity index (χ2n) is 5.34. The summed E-state index contributed by atoms with van der Waals surface area (Å²) < 4.78 is 11.5. The number of morpholine rings is 1. The van der Waals surface area contributed by atoms with Gasteiger partial charge in [-0.05, 0) is 24.1 Å². The Kier molecular flexibility index (Phi) is 6.42. The Balaban J connectivity index is 1.71. The minimum Gasteiger partial charge on any atom is -0.492 e. The molecule has 2 rings (SSSR count). The van der Waals surface area contributed by atoms with Gasteiger partial charge < -0.3 is 15.2 Å². The molecule has 0 bridgehead atoms. The van der Waals surface area contributed by atoms with Crippen molar-refractivity contribution in [3.05, 3.63) is 29.8 Å². The Bertz CT molecular complexity index is 450. The van der Waals surface area contributed by atoms with Crippen LogP contribution in [-0.4, -0.2) is 48.8 Å². The van der Waals surface area contributed by atoms with Crippen LogP contribution in [0.25, 0.3) is 0 Å². The standard InChI is InChI=1S/C16H24N2O2S/c1-2-14-12-18(7-9-19-14)8-10-20-15-5-3-13(4-6-15)11-16(17)21/h3-6,14H,2,7-12H2,1H3,(H2,17,21). The number of hydrogen-bond donors (Lipinski definition) is 1. The van der Waals surface area contributed by atoms with Gasteiger partial charge in [-0.3, -0.25) is 4.90 Å². The zero-order valence-electron chi connectivity index (χ0n) is 12.6. The maximum atomic E-state index is 5.79. The molecule has 1 aliphatic heterocycles. The molecule has 1 heterocycles. The number of nitrogens with two attached hydrogens (primary N) is 1. The molecular formula is C16H24N2O2S. The molecule has 4 nitrogen and oxygen atoms in total. The lowest BCUT2D eigenvalue weighted by molar-refractivity contribution is -0.0324. The first kappa shape index (κ1) is 16.2. The first-order chi connectivity index (χ1) is 10.2. The highest BCUT2D eigenvalue weighted by Crippen LogP contribution is 2.13. The first-order valence-corrected chi connectivity index (χ1v) is 7.92. The van der Waals surface area contributed by atoms with E-state index < -0.39 is 0 Å². The van der Waals surface area contributed by atoms with E-state index >= 15 is 0 Å². The van der Waals surface area contributed by atoms with E-state index in [-0.39, 0.29) is 0 Å². The van der Waals surface area contributed by atoms with Crippen LogP contribution in [0.1, 0.15) is 18.9 Å². The van der Waals surface area contributed by atoms with Crippen LogP contribution in [0.4, 0.5) is 0 Å². The number of benzene rings is 1. The predicted octanol–water partition coefficient (Wildman–Crippen LogP) is 2.00. The molecule has 1 unspecified atom stereocenters. The highest BCUT2D eigenvalue weighted by Gasteiger charge is 2.18. The molecule has 1 aromatic carbocycles. The predicted molar refractivity (Wildman–Crippen MR) is 88.9 cm³/mol. The summed E-state index contributed by atoms with van der Waals surface area (Å²) in [5.74, 6) is 0.891. The third-order valence-corrected chi connectivity index (χ3v) is 3.80. The number of thiocarbonyl (C=S) groups is 1. The Labute approximate surface area is 132 Å². The summed E-state index contributed by atoms with van der Waals surface area (Å²) >= 11 is 4.90. The van der Waals surface area contributed by atoms with Crippen molar-refractivity contribution >= 4 is 17.2 Å². The molecule has 5 heteroatoms. The van der Waals surface area contributed by atoms with Gasteiger partial charge in [0, 0.05) is 26.1 Å². The molecule has 116 valence electrons. The van der Waals surface area contributed by atoms with Gasteiger partial charge in [0.05, 0.1) is 17.7 Å². The topological polar surface area (TPSA) is 47.7 Å². The van der Waals surface area contributed by atoms with E-state index in [1.807, 2.05) is 24.3 Å². The zero-order valence-corrected chi connectivity index (χ0v) is 13.4. The smallest absolute Gasteiger partial charge is 0.119 e. The van der Waals surface area contributed by atoms with Gasteiger partial charge in [0.1, 0.15) is 12.4 Å². The van der Waals surface area contributed by atoms with Gasteiger partial charge in [-0.15, -0.1) is 0 Å². The van der Waals surface area contributed by atoms with E-state index in [9.17, 15) is 0 Å². The summed E-state index contributed by atoms with van der Waals surface area (Å²) in [5.41, 5.74) is 6.65. The fourth-order valence-corrected chi connectivity index (χ4v) is 2.59. The summed E-state index contributed by atoms with van der Waals surface area (Å²) in [4.78, 5) is 2.92. The number of hydrogen-bond acceptors (Lipinski definition) is 4. The van der Waals surface area contributed by atoms with Gasteiger partial charge in [-0.1, -0.05) is 31.3 Å². The average Bonchev–Trinajstić information content (AvgIpc) is 2.49. The Morgan fingerprint density at radius 3 is 2.86 bits per heavy atom. The van der Waals surface area contributed by atoms with Crippen LogP contribution in [-0.2, 0) is 11.2 Å². The molecule has 1 fully saturated rings. The van der Waals surface area contributed by atoms with Crippen molar-refractivity contribution in [2.24, 2.45) is 5.73 Å². The highest BCUT2D eigenvalue weighted by molar-refractivity contribution is 7.80. The van der Waals surface area contributed by atoms with Crippen LogP contribution in [0.2, 0.25) is 0 Å². The Hall–Kier alpha value is -1.17. The van der Waals surface area contributed by atoms with Crippen LogP contribution in [0.3, 0.4) is 0 Å². The maximum Gasteiger partial charge on any atom is 0.119 e. The van der Waals surface area contributed by atoms with Crippen LogP contribution in [0.15, 0.2) is 24.3 Å². The molecule has 1 aliphatic rings. The monoisotopic (exact) mass is 308 g/mol. The van der Waals surface area contributed by atoms with Crippen LogP contribution < -0.4 is 10.5 Å². The van der Waals surface area contributed by atoms with Crippen molar-refractivity contribution in [3.63, 3.8) is 0 Å². The molecule has 0 amide bonds. The molecule has 0 saturated carbocycles. The van der Waals surface area contributed by atoms with E-state index in [1.165, 1.54) is 0 Å². The molecule has 1 aromatic rings. The number of ether oxygens (including phenoxy) is 2. The minimum absolute atomic E-state index is 0.373. The van der Waals surface area contributed by atoms with Crippen LogP contribution in [0, 0.1) is 0 Å². The summed E-state index contributed by atoms with van der Waals surface area (Å²) in [5, 5.41) is 0. The molecule has 2 N–H and O–H groups in total. The lowest BCUT2D eigenvalue weighted by Crippen LogP contribution is -2.43. The fraction of sp³-hybridized carbons (Fsp3) is 0.562. The van der Waals surface area contributed by atoms with Gasteiger partial charge in [0.15, 0.2) is 0 Å². The van der Waals surface area contributed by atoms with Crippen molar-refractivity contribution in [1.82, 2.24) is 4.90 Å². The van der Waals surface area contributed by atoms with E-state index in [0.717, 1.165) is 44.0 Å². The lowest BCUT2D eigenvalue weighted by atomic mass is 10.1. The van der Waals surface area contributed by atoms with Crippen molar-refractivity contribution in [2.45, 2.75) is 25.9 Å². The average molecular weight is 308 g/mol. The fourth-order valence-electron chi connectivity index (χ4n) is 2.43. The maximum absolute atomic E-state index is 5.79. The first-order valence-electron chi connectivity index (χ1n) is 7.51. The van der Waals surface area contributed by atoms with Gasteiger partial charge >= 0.3 is 0 Å². The second-order valence-corrected chi connectivity index (χ2v) is 5.86. The molecule has 1 saturated heterocycles. The van der Waals surface area contributed by atoms with Gasteiger partial charge in [0.2, 0.25) is 0 Å². The summed E-state index contributed by atoms with van der Waals surface area (Å²) in [6, 6.07) is 7.97. The lowest BCUT2D eigenvalue weighted by Gasteiger charge is -2.32. The SMILES string of the molecule is CCC1CN(CCOc2ccc(CC(N)=S)cc2)CCO1. The molecular weight excluding hydrogens is 284 g/mol. The van der Waals surface area contributed by atoms with E-state index in [1.54, 1.807) is 0 Å². The Morgan fingerprint density at radius 1 is 1.43 bits per heavy atom. The highest BCUT2D eigenvalue weighted by atomic mass is 32.1. The summed E-state index contributed by atoms with van der Waals surface area (Å²) in [6.45, 7) is 6.63. The Morgan fingerprint density at radius 2 is 2.19 bits per heavy atom. The molecule has 0 spiro atoms. The molecule has 0 aromatic heterocycles. The molecule has 1 atom stereocenters. The van der Waals surface area contributed by atoms with Gasteiger partial charge in [-0.2, -0.15) is 0 Å². The minimum atomic E-state index is 0.373. The van der Waals surface area contributed by atoms with Crippen LogP contribution >= 0.6 is 12.2 Å². The quantitative estimate of drug-likeness (QED) is 0.781. The third-order valence-electron chi connectivity index (χ3n) is 3.66. The molecule has 21 heavy (non-hydrogen) atoms. The van der Waals surface area contributed by atoms with Gasteiger partial charge in [-0.25, -0.2) is 0 Å². The normalized spacial score (nSPS) is 19.4. The zero-order chi connectivity index (χ0) is 15.1. The van der Waals surface area contributed by atoms with Gasteiger partial charge in [0.25, 0.3) is 0 Å². The van der Waals surface area contributed by atoms with Crippen molar-refractivity contribution < 1.29 is 9.47 Å². The van der Waals surface area contributed by atoms with Crippen molar-refractivity contribution in [2.75, 3.05) is 32.8 Å². The van der Waals surface area contributed by atoms with Crippen LogP contribution in [0.5, 0.6) is 5.75 Å². The summed E-state index contributed by atoms with van der Waals surface area (Å²) in [6.07, 6.45) is 2.09. The van der Waals surface area contributed by atoms with E-state index in [2.05, 4.69) is 11.8 Å². The molecule has 0 radical (unpaired) electrons. The van der Waals surface area contributed by atoms with Crippen molar-refractivity contribution in [3.8, 4) is 5.75 Å². The summed E-state index contributed by atoms with van der Waals surface area (Å²) in [7, 11) is 0. The number of nitrogens with zero attached hydrogens (tertiary/aromatic N) is 1. The largest absolute Gasteiger partial charge is 0.492 e. The second kappa shape index (κ2) is 8.32. The number of rotatable bonds is 7. The van der Waals surface area contributed by atoms with E-state index in [4.69, 9.17) is 27.4 Å². The van der Waals surface area contributed by atoms with Crippen molar-refractivity contribution in [1.29, 1.82) is 0 Å². The third kappa shape index (κ3) is 5.61. The van der Waals surface area contributed by atoms with E-state index in [0.29, 0.717) is 24.1 Å².